The number of ether oxygens (including phenoxy) is 2. The lowest BCUT2D eigenvalue weighted by molar-refractivity contribution is -0.684. The molecule has 26 heavy (non-hydrogen) atoms. The Labute approximate surface area is 156 Å². The average Bonchev–Trinajstić information content (AvgIpc) is 2.96. The summed E-state index contributed by atoms with van der Waals surface area (Å²) in [6.45, 7) is 3.91. The molecule has 0 saturated carbocycles. The van der Waals surface area contributed by atoms with Gasteiger partial charge in [-0.2, -0.15) is 0 Å². The van der Waals surface area contributed by atoms with Crippen LogP contribution >= 0.6 is 0 Å². The fourth-order valence-corrected chi connectivity index (χ4v) is 4.10. The molecule has 0 saturated heterocycles. The Morgan fingerprint density at radius 3 is 2.46 bits per heavy atom. The van der Waals surface area contributed by atoms with E-state index in [1.54, 1.807) is 27.5 Å². The molecule has 0 aliphatic carbocycles. The smallest absolute Gasteiger partial charge is 0.347 e. The first kappa shape index (κ1) is 20.1. The number of pyridine rings is 1. The average molecular weight is 377 g/mol. The minimum absolute atomic E-state index is 0.350. The van der Waals surface area contributed by atoms with Gasteiger partial charge in [0.1, 0.15) is 16.5 Å². The summed E-state index contributed by atoms with van der Waals surface area (Å²) in [4.78, 5) is 7.69. The van der Waals surface area contributed by atoms with Crippen LogP contribution in [0.1, 0.15) is 16.8 Å². The molecule has 0 bridgehead atoms. The number of H-pyrrole nitrogens is 1. The monoisotopic (exact) mass is 376 g/mol. The van der Waals surface area contributed by atoms with Gasteiger partial charge in [-0.15, -0.1) is 0 Å². The highest BCUT2D eigenvalue weighted by Gasteiger charge is 2.23. The minimum Gasteiger partial charge on any atom is -0.496 e. The van der Waals surface area contributed by atoms with Gasteiger partial charge in [0, 0.05) is 31.5 Å². The third kappa shape index (κ3) is 4.11. The van der Waals surface area contributed by atoms with Crippen LogP contribution in [0.25, 0.3) is 11.0 Å². The van der Waals surface area contributed by atoms with Crippen molar-refractivity contribution >= 4 is 21.8 Å². The van der Waals surface area contributed by atoms with Crippen molar-refractivity contribution in [1.29, 1.82) is 0 Å². The van der Waals surface area contributed by atoms with Gasteiger partial charge in [0.15, 0.2) is 11.0 Å². The van der Waals surface area contributed by atoms with E-state index in [2.05, 4.69) is 14.7 Å². The zero-order valence-electron chi connectivity index (χ0n) is 16.1. The highest BCUT2D eigenvalue weighted by atomic mass is 32.2. The first-order valence-electron chi connectivity index (χ1n) is 8.18. The molecule has 0 fully saturated rings. The molecule has 6 nitrogen and oxygen atoms in total. The van der Waals surface area contributed by atoms with Crippen molar-refractivity contribution in [2.75, 3.05) is 21.3 Å². The molecule has 3 aromatic rings. The Kier molecular flexibility index (Phi) is 6.88. The molecule has 2 heterocycles. The first-order chi connectivity index (χ1) is 12.4. The topological polar surface area (TPSA) is 68.1 Å². The predicted molar refractivity (Wildman–Crippen MR) is 103 cm³/mol. The zero-order valence-corrected chi connectivity index (χ0v) is 16.9. The van der Waals surface area contributed by atoms with Gasteiger partial charge in [-0.3, -0.25) is 4.98 Å². The van der Waals surface area contributed by atoms with Crippen molar-refractivity contribution < 1.29 is 18.2 Å². The van der Waals surface area contributed by atoms with E-state index in [-0.39, 0.29) is 0 Å². The van der Waals surface area contributed by atoms with Crippen LogP contribution in [0.5, 0.6) is 5.75 Å². The largest absolute Gasteiger partial charge is 0.496 e. The number of nitrogens with zero attached hydrogens (tertiary/aromatic N) is 2. The molecule has 140 valence electrons. The van der Waals surface area contributed by atoms with Crippen molar-refractivity contribution in [3.63, 3.8) is 0 Å². The predicted octanol–water partition coefficient (Wildman–Crippen LogP) is 2.58. The van der Waals surface area contributed by atoms with Gasteiger partial charge in [0.2, 0.25) is 0 Å². The van der Waals surface area contributed by atoms with Crippen molar-refractivity contribution in [3.05, 3.63) is 47.3 Å². The zero-order chi connectivity index (χ0) is 19.3. The number of para-hydroxylation sites is 2. The quantitative estimate of drug-likeness (QED) is 0.711. The van der Waals surface area contributed by atoms with Crippen molar-refractivity contribution in [2.45, 2.75) is 24.8 Å². The summed E-state index contributed by atoms with van der Waals surface area (Å²) in [6.07, 6.45) is 1.77. The third-order valence-corrected chi connectivity index (χ3v) is 5.39. The van der Waals surface area contributed by atoms with Crippen LogP contribution in [-0.2, 0) is 28.3 Å². The standard InChI is InChI=1S/C17H19N3O2S.C2H6O/c1-11-9-18-14(12(2)16(11)22-4)10-23(21)17-19-13-7-5-6-8-15(13)20(17)3;1-3-2/h5-9H,10H2,1-4H3;1-2H3/p+1. The number of fused-ring (bicyclic) bond motifs is 1. The van der Waals surface area contributed by atoms with Crippen molar-refractivity contribution in [3.8, 4) is 5.75 Å². The van der Waals surface area contributed by atoms with Crippen LogP contribution in [0, 0.1) is 13.8 Å². The lowest BCUT2D eigenvalue weighted by Crippen LogP contribution is -2.32. The Balaban J connectivity index is 0.000000758. The van der Waals surface area contributed by atoms with Gasteiger partial charge in [0.25, 0.3) is 0 Å². The number of nitrogens with one attached hydrogen (secondary N) is 1. The van der Waals surface area contributed by atoms with Gasteiger partial charge in [-0.05, 0) is 26.0 Å². The van der Waals surface area contributed by atoms with Crippen LogP contribution in [-0.4, -0.2) is 35.5 Å². The van der Waals surface area contributed by atoms with E-state index in [9.17, 15) is 4.21 Å². The molecular formula is C19H26N3O3S+. The molecule has 1 atom stereocenters. The fraction of sp³-hybridized carbons (Fsp3) is 0.368. The second kappa shape index (κ2) is 8.91. The number of imidazole rings is 1. The Hall–Kier alpha value is -2.25. The van der Waals surface area contributed by atoms with E-state index in [0.29, 0.717) is 10.9 Å². The number of methoxy groups -OCH3 is 2. The summed E-state index contributed by atoms with van der Waals surface area (Å²) in [7, 11) is 5.60. The number of hydrogen-bond acceptors (Lipinski definition) is 4. The maximum absolute atomic E-state index is 12.8. The molecule has 1 aromatic carbocycles. The fourth-order valence-electron chi connectivity index (χ4n) is 2.80. The molecule has 0 radical (unpaired) electrons. The summed E-state index contributed by atoms with van der Waals surface area (Å²) in [5.74, 6) is 1.16. The normalized spacial score (nSPS) is 11.8. The second-order valence-electron chi connectivity index (χ2n) is 5.95. The van der Waals surface area contributed by atoms with Crippen LogP contribution < -0.4 is 9.30 Å². The van der Waals surface area contributed by atoms with Crippen LogP contribution in [0.2, 0.25) is 0 Å². The Morgan fingerprint density at radius 2 is 1.85 bits per heavy atom. The number of rotatable bonds is 4. The molecule has 0 aliphatic rings. The number of aromatic nitrogens is 3. The lowest BCUT2D eigenvalue weighted by atomic mass is 10.1. The molecule has 2 aromatic heterocycles. The summed E-state index contributed by atoms with van der Waals surface area (Å²) in [6, 6.07) is 7.92. The molecule has 1 unspecified atom stereocenters. The van der Waals surface area contributed by atoms with Gasteiger partial charge < -0.3 is 9.47 Å². The maximum Gasteiger partial charge on any atom is 0.347 e. The number of hydrogen-bond donors (Lipinski definition) is 1. The van der Waals surface area contributed by atoms with Crippen molar-refractivity contribution in [2.24, 2.45) is 7.05 Å². The minimum atomic E-state index is -1.22. The molecule has 3 rings (SSSR count). The Bertz CT molecular complexity index is 922. The van der Waals surface area contributed by atoms with Gasteiger partial charge in [-0.25, -0.2) is 13.8 Å². The number of aryl methyl sites for hydroxylation is 2. The van der Waals surface area contributed by atoms with E-state index in [1.807, 2.05) is 49.7 Å². The summed E-state index contributed by atoms with van der Waals surface area (Å²) >= 11 is 0. The van der Waals surface area contributed by atoms with E-state index in [4.69, 9.17) is 4.74 Å². The van der Waals surface area contributed by atoms with E-state index >= 15 is 0 Å². The summed E-state index contributed by atoms with van der Waals surface area (Å²) < 4.78 is 24.4. The van der Waals surface area contributed by atoms with Crippen LogP contribution in [0.3, 0.4) is 0 Å². The van der Waals surface area contributed by atoms with Crippen LogP contribution in [0.4, 0.5) is 0 Å². The first-order valence-corrected chi connectivity index (χ1v) is 9.50. The maximum atomic E-state index is 12.8. The second-order valence-corrected chi connectivity index (χ2v) is 7.32. The highest BCUT2D eigenvalue weighted by Crippen LogP contribution is 2.25. The third-order valence-electron chi connectivity index (χ3n) is 4.04. The van der Waals surface area contributed by atoms with Crippen LogP contribution in [0.15, 0.2) is 35.6 Å². The molecule has 1 N–H and O–H groups in total. The van der Waals surface area contributed by atoms with E-state index in [0.717, 1.165) is 33.6 Å². The van der Waals surface area contributed by atoms with E-state index < -0.39 is 10.8 Å². The Morgan fingerprint density at radius 1 is 1.19 bits per heavy atom. The highest BCUT2D eigenvalue weighted by molar-refractivity contribution is 7.83. The SMILES string of the molecule is COC.COc1c(C)cnc(CS(=O)c2[nH]c3ccccc3[n+]2C)c1C. The molecule has 0 spiro atoms. The number of aromatic amines is 1. The molecule has 7 heteroatoms. The molecule has 0 amide bonds. The molecular weight excluding hydrogens is 350 g/mol. The van der Waals surface area contributed by atoms with Crippen molar-refractivity contribution in [1.82, 2.24) is 9.97 Å². The van der Waals surface area contributed by atoms with Gasteiger partial charge in [-0.1, -0.05) is 12.1 Å². The van der Waals surface area contributed by atoms with Gasteiger partial charge >= 0.3 is 5.16 Å². The number of benzene rings is 1. The summed E-state index contributed by atoms with van der Waals surface area (Å²) in [5, 5.41) is 0.687. The summed E-state index contributed by atoms with van der Waals surface area (Å²) in [5.41, 5.74) is 4.73. The van der Waals surface area contributed by atoms with E-state index in [1.165, 1.54) is 0 Å². The molecule has 0 aliphatic heterocycles. The van der Waals surface area contributed by atoms with Gasteiger partial charge in [0.05, 0.1) is 25.6 Å². The lowest BCUT2D eigenvalue weighted by Gasteiger charge is -2.11.